The molecule has 33 heavy (non-hydrogen) atoms. The van der Waals surface area contributed by atoms with Gasteiger partial charge in [-0.15, -0.1) is 0 Å². The Balaban J connectivity index is 1.62. The Kier molecular flexibility index (Phi) is 6.70. The maximum absolute atomic E-state index is 13.4. The lowest BCUT2D eigenvalue weighted by atomic mass is 9.90. The molecule has 0 spiro atoms. The third-order valence-corrected chi connectivity index (χ3v) is 5.74. The van der Waals surface area contributed by atoms with Crippen molar-refractivity contribution in [2.45, 2.75) is 5.92 Å². The van der Waals surface area contributed by atoms with E-state index in [1.165, 1.54) is 18.2 Å². The SMILES string of the molecule is COc1ccc([C@@H](CNC(=O)Nc2ccc(F)c(Cl)c2)c2c[nH]c3ccccc23)cc1OC. The van der Waals surface area contributed by atoms with Crippen molar-refractivity contribution in [3.63, 3.8) is 0 Å². The second-order valence-electron chi connectivity index (χ2n) is 7.42. The molecular weight excluding hydrogens is 445 g/mol. The van der Waals surface area contributed by atoms with Gasteiger partial charge in [0.15, 0.2) is 11.5 Å². The minimum absolute atomic E-state index is 0.0604. The molecule has 3 N–H and O–H groups in total. The molecule has 8 heteroatoms. The summed E-state index contributed by atoms with van der Waals surface area (Å²) in [5.41, 5.74) is 3.38. The van der Waals surface area contributed by atoms with Crippen LogP contribution in [0.15, 0.2) is 66.9 Å². The highest BCUT2D eigenvalue weighted by atomic mass is 35.5. The number of nitrogens with one attached hydrogen (secondary N) is 3. The number of fused-ring (bicyclic) bond motifs is 1. The molecule has 1 atom stereocenters. The van der Waals surface area contributed by atoms with Crippen LogP contribution in [0.3, 0.4) is 0 Å². The molecule has 1 heterocycles. The third kappa shape index (κ3) is 4.88. The van der Waals surface area contributed by atoms with Crippen LogP contribution in [0.2, 0.25) is 5.02 Å². The smallest absolute Gasteiger partial charge is 0.319 e. The lowest BCUT2D eigenvalue weighted by Crippen LogP contribution is -2.32. The molecule has 0 radical (unpaired) electrons. The first-order valence-electron chi connectivity index (χ1n) is 10.3. The van der Waals surface area contributed by atoms with Crippen LogP contribution in [0, 0.1) is 5.82 Å². The van der Waals surface area contributed by atoms with E-state index in [1.54, 1.807) is 14.2 Å². The molecule has 6 nitrogen and oxygen atoms in total. The van der Waals surface area contributed by atoms with Gasteiger partial charge in [0.25, 0.3) is 0 Å². The average Bonchev–Trinajstić information content (AvgIpc) is 3.25. The van der Waals surface area contributed by atoms with Crippen molar-refractivity contribution in [1.29, 1.82) is 0 Å². The zero-order chi connectivity index (χ0) is 23.4. The van der Waals surface area contributed by atoms with Crippen molar-refractivity contribution < 1.29 is 18.7 Å². The predicted molar refractivity (Wildman–Crippen MR) is 128 cm³/mol. The highest BCUT2D eigenvalue weighted by Gasteiger charge is 2.21. The number of carbonyl (C=O) groups excluding carboxylic acids is 1. The lowest BCUT2D eigenvalue weighted by Gasteiger charge is -2.20. The molecule has 0 bridgehead atoms. The number of carbonyl (C=O) groups is 1. The molecule has 0 aliphatic rings. The van der Waals surface area contributed by atoms with Crippen LogP contribution in [-0.2, 0) is 0 Å². The Morgan fingerprint density at radius 1 is 1.06 bits per heavy atom. The van der Waals surface area contributed by atoms with Crippen molar-refractivity contribution in [2.75, 3.05) is 26.1 Å². The summed E-state index contributed by atoms with van der Waals surface area (Å²) in [6.45, 7) is 0.304. The highest BCUT2D eigenvalue weighted by Crippen LogP contribution is 2.35. The summed E-state index contributed by atoms with van der Waals surface area (Å²) >= 11 is 5.81. The number of urea groups is 1. The summed E-state index contributed by atoms with van der Waals surface area (Å²) in [7, 11) is 3.17. The van der Waals surface area contributed by atoms with Gasteiger partial charge >= 0.3 is 6.03 Å². The number of rotatable bonds is 7. The largest absolute Gasteiger partial charge is 0.493 e. The van der Waals surface area contributed by atoms with E-state index in [9.17, 15) is 9.18 Å². The first-order chi connectivity index (χ1) is 16.0. The van der Waals surface area contributed by atoms with Gasteiger partial charge in [-0.3, -0.25) is 0 Å². The summed E-state index contributed by atoms with van der Waals surface area (Å²) in [6, 6.07) is 17.3. The van der Waals surface area contributed by atoms with Gasteiger partial charge in [-0.05, 0) is 47.5 Å². The quantitative estimate of drug-likeness (QED) is 0.315. The van der Waals surface area contributed by atoms with Gasteiger partial charge < -0.3 is 25.1 Å². The lowest BCUT2D eigenvalue weighted by molar-refractivity contribution is 0.252. The number of halogens is 2. The second kappa shape index (κ2) is 9.83. The Labute approximate surface area is 195 Å². The Hall–Kier alpha value is -3.71. The molecule has 0 fully saturated rings. The van der Waals surface area contributed by atoms with E-state index in [1.807, 2.05) is 48.7 Å². The summed E-state index contributed by atoms with van der Waals surface area (Å²) in [5, 5.41) is 6.60. The monoisotopic (exact) mass is 467 g/mol. The number of hydrogen-bond acceptors (Lipinski definition) is 3. The summed E-state index contributed by atoms with van der Waals surface area (Å²) in [6.07, 6.45) is 1.95. The van der Waals surface area contributed by atoms with Gasteiger partial charge in [-0.2, -0.15) is 0 Å². The standard InChI is InChI=1S/C25H23ClFN3O3/c1-32-23-10-7-15(11-24(23)33-2)18(19-14-28-22-6-4-3-5-17(19)22)13-29-25(31)30-16-8-9-21(27)20(26)12-16/h3-12,14,18,28H,13H2,1-2H3,(H2,29,30,31)/t18-/m1/s1. The number of methoxy groups -OCH3 is 2. The van der Waals surface area contributed by atoms with Crippen molar-refractivity contribution in [3.05, 3.63) is 88.8 Å². The van der Waals surface area contributed by atoms with Crippen molar-refractivity contribution in [2.24, 2.45) is 0 Å². The van der Waals surface area contributed by atoms with Crippen molar-refractivity contribution in [1.82, 2.24) is 10.3 Å². The fourth-order valence-corrected chi connectivity index (χ4v) is 3.98. The maximum atomic E-state index is 13.4. The molecule has 170 valence electrons. The van der Waals surface area contributed by atoms with Crippen LogP contribution >= 0.6 is 11.6 Å². The molecule has 0 aliphatic carbocycles. The molecule has 0 unspecified atom stereocenters. The van der Waals surface area contributed by atoms with Crippen LogP contribution in [0.25, 0.3) is 10.9 Å². The number of hydrogen-bond donors (Lipinski definition) is 3. The Bertz CT molecular complexity index is 1290. The normalized spacial score (nSPS) is 11.8. The number of amides is 2. The van der Waals surface area contributed by atoms with Gasteiger partial charge in [0, 0.05) is 35.2 Å². The summed E-state index contributed by atoms with van der Waals surface area (Å²) in [5.74, 6) is 0.502. The first kappa shape index (κ1) is 22.5. The fraction of sp³-hybridized carbons (Fsp3) is 0.160. The van der Waals surface area contributed by atoms with Crippen LogP contribution in [0.5, 0.6) is 11.5 Å². The molecule has 0 saturated carbocycles. The molecular formula is C25H23ClFN3O3. The van der Waals surface area contributed by atoms with Crippen LogP contribution < -0.4 is 20.1 Å². The number of anilines is 1. The van der Waals surface area contributed by atoms with Crippen molar-refractivity contribution >= 4 is 34.2 Å². The number of benzene rings is 3. The predicted octanol–water partition coefficient (Wildman–Crippen LogP) is 5.93. The second-order valence-corrected chi connectivity index (χ2v) is 7.83. The molecule has 1 aromatic heterocycles. The minimum atomic E-state index is -0.546. The molecule has 0 aliphatic heterocycles. The van der Waals surface area contributed by atoms with Crippen molar-refractivity contribution in [3.8, 4) is 11.5 Å². The molecule has 4 rings (SSSR count). The van der Waals surface area contributed by atoms with Crippen LogP contribution in [0.1, 0.15) is 17.0 Å². The molecule has 0 saturated heterocycles. The number of aromatic nitrogens is 1. The number of ether oxygens (including phenoxy) is 2. The van der Waals surface area contributed by atoms with Gasteiger partial charge in [0.2, 0.25) is 0 Å². The molecule has 3 aromatic carbocycles. The van der Waals surface area contributed by atoms with E-state index >= 15 is 0 Å². The van der Waals surface area contributed by atoms with Crippen LogP contribution in [0.4, 0.5) is 14.9 Å². The van der Waals surface area contributed by atoms with E-state index < -0.39 is 11.8 Å². The van der Waals surface area contributed by atoms with Gasteiger partial charge in [-0.1, -0.05) is 35.9 Å². The topological polar surface area (TPSA) is 75.4 Å². The van der Waals surface area contributed by atoms with E-state index in [4.69, 9.17) is 21.1 Å². The fourth-order valence-electron chi connectivity index (χ4n) is 3.80. The maximum Gasteiger partial charge on any atom is 0.319 e. The zero-order valence-corrected chi connectivity index (χ0v) is 18.9. The average molecular weight is 468 g/mol. The third-order valence-electron chi connectivity index (χ3n) is 5.45. The van der Waals surface area contributed by atoms with E-state index in [0.717, 1.165) is 22.0 Å². The molecule has 2 amide bonds. The number of aromatic amines is 1. The van der Waals surface area contributed by atoms with E-state index in [-0.39, 0.29) is 10.9 Å². The zero-order valence-electron chi connectivity index (χ0n) is 18.1. The first-order valence-corrected chi connectivity index (χ1v) is 10.7. The van der Waals surface area contributed by atoms with Gasteiger partial charge in [-0.25, -0.2) is 9.18 Å². The molecule has 4 aromatic rings. The van der Waals surface area contributed by atoms with Gasteiger partial charge in [0.1, 0.15) is 5.82 Å². The van der Waals surface area contributed by atoms with Crippen LogP contribution in [-0.4, -0.2) is 31.8 Å². The Morgan fingerprint density at radius 2 is 1.85 bits per heavy atom. The highest BCUT2D eigenvalue weighted by molar-refractivity contribution is 6.31. The summed E-state index contributed by atoms with van der Waals surface area (Å²) in [4.78, 5) is 15.9. The minimum Gasteiger partial charge on any atom is -0.493 e. The van der Waals surface area contributed by atoms with E-state index in [2.05, 4.69) is 15.6 Å². The van der Waals surface area contributed by atoms with E-state index in [0.29, 0.717) is 23.7 Å². The van der Waals surface area contributed by atoms with Gasteiger partial charge in [0.05, 0.1) is 19.2 Å². The summed E-state index contributed by atoms with van der Waals surface area (Å²) < 4.78 is 24.2. The number of para-hydroxylation sites is 1. The number of H-pyrrole nitrogens is 1. The Morgan fingerprint density at radius 3 is 2.61 bits per heavy atom.